The fourth-order valence-corrected chi connectivity index (χ4v) is 2.02. The van der Waals surface area contributed by atoms with E-state index in [1.165, 1.54) is 18.2 Å². The molecule has 0 fully saturated rings. The van der Waals surface area contributed by atoms with Crippen LogP contribution in [0.1, 0.15) is 11.7 Å². The number of hydrogen-bond acceptors (Lipinski definition) is 7. The molecule has 2 rings (SSSR count). The molecule has 0 saturated heterocycles. The van der Waals surface area contributed by atoms with E-state index in [9.17, 15) is 8.42 Å². The van der Waals surface area contributed by atoms with Crippen molar-refractivity contribution in [3.05, 3.63) is 29.9 Å². The van der Waals surface area contributed by atoms with E-state index in [1.54, 1.807) is 6.92 Å². The first kappa shape index (κ1) is 13.3. The predicted octanol–water partition coefficient (Wildman–Crippen LogP) is 0.220. The van der Waals surface area contributed by atoms with Crippen molar-refractivity contribution in [1.29, 1.82) is 0 Å². The molecule has 2 aromatic rings. The van der Waals surface area contributed by atoms with Gasteiger partial charge in [0.25, 0.3) is 0 Å². The van der Waals surface area contributed by atoms with Crippen LogP contribution in [-0.4, -0.2) is 18.6 Å². The highest BCUT2D eigenvalue weighted by atomic mass is 32.2. The molecular weight excluding hydrogens is 270 g/mol. The lowest BCUT2D eigenvalue weighted by atomic mass is 10.2. The number of aromatic nitrogens is 2. The Balaban J connectivity index is 2.14. The van der Waals surface area contributed by atoms with Gasteiger partial charge in [0.2, 0.25) is 15.9 Å². The molecule has 19 heavy (non-hydrogen) atoms. The molecule has 0 aliphatic rings. The van der Waals surface area contributed by atoms with Gasteiger partial charge in [-0.15, -0.1) is 0 Å². The molecule has 9 heteroatoms. The highest BCUT2D eigenvalue weighted by Crippen LogP contribution is 2.22. The first-order valence-electron chi connectivity index (χ1n) is 5.31. The summed E-state index contributed by atoms with van der Waals surface area (Å²) in [7, 11) is -3.75. The summed E-state index contributed by atoms with van der Waals surface area (Å²) >= 11 is 0. The van der Waals surface area contributed by atoms with Gasteiger partial charge < -0.3 is 15.6 Å². The summed E-state index contributed by atoms with van der Waals surface area (Å²) < 4.78 is 27.1. The highest BCUT2D eigenvalue weighted by molar-refractivity contribution is 7.89. The second-order valence-corrected chi connectivity index (χ2v) is 5.44. The molecular formula is C10H13N5O3S. The van der Waals surface area contributed by atoms with Crippen LogP contribution in [0.2, 0.25) is 0 Å². The minimum atomic E-state index is -3.75. The number of nitrogen functional groups attached to an aromatic ring is 1. The molecule has 0 amide bonds. The molecule has 0 spiro atoms. The van der Waals surface area contributed by atoms with Crippen LogP contribution in [0, 0.1) is 6.92 Å². The van der Waals surface area contributed by atoms with E-state index in [4.69, 9.17) is 15.4 Å². The molecule has 0 aliphatic heterocycles. The Labute approximate surface area is 109 Å². The van der Waals surface area contributed by atoms with Crippen molar-refractivity contribution in [2.75, 3.05) is 11.1 Å². The topological polar surface area (TPSA) is 137 Å². The van der Waals surface area contributed by atoms with Gasteiger partial charge in [-0.25, -0.2) is 13.6 Å². The van der Waals surface area contributed by atoms with Crippen molar-refractivity contribution >= 4 is 21.4 Å². The average Bonchev–Trinajstić information content (AvgIpc) is 2.72. The first-order valence-corrected chi connectivity index (χ1v) is 6.86. The number of hydrogen-bond donors (Lipinski definition) is 3. The molecule has 0 aliphatic carbocycles. The van der Waals surface area contributed by atoms with Gasteiger partial charge in [0, 0.05) is 6.92 Å². The van der Waals surface area contributed by atoms with Gasteiger partial charge >= 0.3 is 0 Å². The molecule has 1 aromatic heterocycles. The van der Waals surface area contributed by atoms with Gasteiger partial charge in [-0.05, 0) is 18.2 Å². The van der Waals surface area contributed by atoms with E-state index in [1.807, 2.05) is 0 Å². The van der Waals surface area contributed by atoms with Gasteiger partial charge in [-0.1, -0.05) is 5.16 Å². The smallest absolute Gasteiger partial charge is 0.238 e. The summed E-state index contributed by atoms with van der Waals surface area (Å²) in [6.07, 6.45) is 0. The Bertz CT molecular complexity index is 695. The number of benzene rings is 1. The van der Waals surface area contributed by atoms with E-state index in [2.05, 4.69) is 15.5 Å². The van der Waals surface area contributed by atoms with Crippen LogP contribution in [0.5, 0.6) is 0 Å². The van der Waals surface area contributed by atoms with E-state index in [0.717, 1.165) is 0 Å². The van der Waals surface area contributed by atoms with Crippen LogP contribution >= 0.6 is 0 Å². The summed E-state index contributed by atoms with van der Waals surface area (Å²) in [6.45, 7) is 2.00. The highest BCUT2D eigenvalue weighted by Gasteiger charge is 2.10. The Hall–Kier alpha value is -2.13. The number of rotatable bonds is 4. The summed E-state index contributed by atoms with van der Waals surface area (Å²) in [5.41, 5.74) is 6.58. The maximum absolute atomic E-state index is 11.1. The number of aryl methyl sites for hydroxylation is 1. The fourth-order valence-electron chi connectivity index (χ4n) is 1.47. The fraction of sp³-hybridized carbons (Fsp3) is 0.200. The molecule has 0 radical (unpaired) electrons. The van der Waals surface area contributed by atoms with E-state index in [0.29, 0.717) is 23.9 Å². The third kappa shape index (κ3) is 3.20. The average molecular weight is 283 g/mol. The van der Waals surface area contributed by atoms with E-state index in [-0.39, 0.29) is 10.6 Å². The van der Waals surface area contributed by atoms with Gasteiger partial charge in [0.1, 0.15) is 0 Å². The van der Waals surface area contributed by atoms with Crippen LogP contribution in [0.3, 0.4) is 0 Å². The molecule has 102 valence electrons. The predicted molar refractivity (Wildman–Crippen MR) is 68.6 cm³/mol. The zero-order chi connectivity index (χ0) is 14.0. The lowest BCUT2D eigenvalue weighted by molar-refractivity contribution is 0.388. The largest absolute Gasteiger partial charge is 0.397 e. The molecule has 0 saturated carbocycles. The maximum atomic E-state index is 11.1. The molecule has 1 aromatic carbocycles. The standard InChI is InChI=1S/C10H13N5O3S/c1-6-14-10(15-18-6)5-13-9-3-2-7(4-8(9)11)19(12,16)17/h2-4,13H,5,11H2,1H3,(H2,12,16,17). The van der Waals surface area contributed by atoms with Crippen molar-refractivity contribution in [3.63, 3.8) is 0 Å². The van der Waals surface area contributed by atoms with Gasteiger partial charge in [0.15, 0.2) is 5.82 Å². The number of anilines is 2. The zero-order valence-corrected chi connectivity index (χ0v) is 10.9. The van der Waals surface area contributed by atoms with Crippen LogP contribution < -0.4 is 16.2 Å². The third-order valence-corrected chi connectivity index (χ3v) is 3.27. The Morgan fingerprint density at radius 1 is 1.42 bits per heavy atom. The Kier molecular flexibility index (Phi) is 3.40. The second kappa shape index (κ2) is 4.86. The zero-order valence-electron chi connectivity index (χ0n) is 10.1. The molecule has 0 bridgehead atoms. The summed E-state index contributed by atoms with van der Waals surface area (Å²) in [5.74, 6) is 0.946. The van der Waals surface area contributed by atoms with Crippen LogP contribution in [0.25, 0.3) is 0 Å². The lowest BCUT2D eigenvalue weighted by Gasteiger charge is -2.08. The molecule has 0 unspecified atom stereocenters. The normalized spacial score (nSPS) is 11.5. The van der Waals surface area contributed by atoms with Gasteiger partial charge in [-0.2, -0.15) is 4.98 Å². The van der Waals surface area contributed by atoms with Crippen molar-refractivity contribution in [3.8, 4) is 0 Å². The summed E-state index contributed by atoms with van der Waals surface area (Å²) in [5, 5.41) is 11.7. The second-order valence-electron chi connectivity index (χ2n) is 3.88. The van der Waals surface area contributed by atoms with Gasteiger partial charge in [0.05, 0.1) is 22.8 Å². The lowest BCUT2D eigenvalue weighted by Crippen LogP contribution is -2.13. The monoisotopic (exact) mass is 283 g/mol. The minimum absolute atomic E-state index is 0.0362. The number of nitrogens with one attached hydrogen (secondary N) is 1. The molecule has 8 nitrogen and oxygen atoms in total. The molecule has 0 atom stereocenters. The number of nitrogens with zero attached hydrogens (tertiary/aromatic N) is 2. The summed E-state index contributed by atoms with van der Waals surface area (Å²) in [6, 6.07) is 4.19. The quantitative estimate of drug-likeness (QED) is 0.682. The number of primary sulfonamides is 1. The van der Waals surface area contributed by atoms with Crippen LogP contribution in [-0.2, 0) is 16.6 Å². The molecule has 5 N–H and O–H groups in total. The van der Waals surface area contributed by atoms with Crippen LogP contribution in [0.4, 0.5) is 11.4 Å². The van der Waals surface area contributed by atoms with E-state index >= 15 is 0 Å². The van der Waals surface area contributed by atoms with Crippen molar-refractivity contribution in [2.45, 2.75) is 18.4 Å². The Morgan fingerprint density at radius 2 is 2.16 bits per heavy atom. The number of nitrogens with two attached hydrogens (primary N) is 2. The number of sulfonamides is 1. The first-order chi connectivity index (χ1) is 8.86. The maximum Gasteiger partial charge on any atom is 0.238 e. The van der Waals surface area contributed by atoms with Crippen LogP contribution in [0.15, 0.2) is 27.6 Å². The summed E-state index contributed by atoms with van der Waals surface area (Å²) in [4.78, 5) is 3.98. The van der Waals surface area contributed by atoms with E-state index < -0.39 is 10.0 Å². The SMILES string of the molecule is Cc1nc(CNc2ccc(S(N)(=O)=O)cc2N)no1. The third-order valence-electron chi connectivity index (χ3n) is 2.36. The van der Waals surface area contributed by atoms with Crippen molar-refractivity contribution in [2.24, 2.45) is 5.14 Å². The van der Waals surface area contributed by atoms with Crippen molar-refractivity contribution in [1.82, 2.24) is 10.1 Å². The Morgan fingerprint density at radius 3 is 2.68 bits per heavy atom. The molecule has 1 heterocycles. The minimum Gasteiger partial charge on any atom is -0.397 e. The van der Waals surface area contributed by atoms with Crippen molar-refractivity contribution < 1.29 is 12.9 Å². The van der Waals surface area contributed by atoms with Gasteiger partial charge in [-0.3, -0.25) is 0 Å².